The van der Waals surface area contributed by atoms with Crippen LogP contribution in [-0.4, -0.2) is 58.3 Å². The zero-order chi connectivity index (χ0) is 21.2. The van der Waals surface area contributed by atoms with Gasteiger partial charge in [0.05, 0.1) is 18.4 Å². The minimum atomic E-state index is -0.0625. The summed E-state index contributed by atoms with van der Waals surface area (Å²) in [7, 11) is 1.78. The molecule has 0 saturated carbocycles. The molecule has 0 spiro atoms. The molecule has 3 aromatic rings. The van der Waals surface area contributed by atoms with E-state index < -0.39 is 0 Å². The first-order valence-corrected chi connectivity index (χ1v) is 10.8. The lowest BCUT2D eigenvalue weighted by Crippen LogP contribution is -2.49. The van der Waals surface area contributed by atoms with Gasteiger partial charge < -0.3 is 9.64 Å². The summed E-state index contributed by atoms with van der Waals surface area (Å²) in [5, 5.41) is 0. The summed E-state index contributed by atoms with van der Waals surface area (Å²) >= 11 is 0. The first kappa shape index (κ1) is 19.9. The van der Waals surface area contributed by atoms with E-state index in [0.29, 0.717) is 18.2 Å². The molecular formula is C24H27N5O2. The molecule has 1 fully saturated rings. The van der Waals surface area contributed by atoms with Crippen LogP contribution in [0.1, 0.15) is 11.1 Å². The van der Waals surface area contributed by atoms with Crippen molar-refractivity contribution in [1.82, 2.24) is 19.4 Å². The number of nitrogens with zero attached hydrogens (tertiary/aromatic N) is 5. The SMILES string of the molecule is Cn1c(N2CCOC(CN3CCc4ccccc4C3)C2)nc(-c2ccncc2)cc1=O. The Morgan fingerprint density at radius 1 is 1.10 bits per heavy atom. The molecule has 5 rings (SSSR count). The van der Waals surface area contributed by atoms with Crippen LogP contribution < -0.4 is 10.5 Å². The lowest BCUT2D eigenvalue weighted by atomic mass is 9.99. The smallest absolute Gasteiger partial charge is 0.255 e. The Bertz CT molecular complexity index is 1110. The van der Waals surface area contributed by atoms with Gasteiger partial charge in [0.1, 0.15) is 0 Å². The number of pyridine rings is 1. The Hall–Kier alpha value is -3.03. The highest BCUT2D eigenvalue weighted by Crippen LogP contribution is 2.22. The molecule has 1 saturated heterocycles. The third-order valence-corrected chi connectivity index (χ3v) is 6.18. The van der Waals surface area contributed by atoms with E-state index in [4.69, 9.17) is 9.72 Å². The second-order valence-corrected chi connectivity index (χ2v) is 8.27. The lowest BCUT2D eigenvalue weighted by molar-refractivity contribution is 0.0123. The summed E-state index contributed by atoms with van der Waals surface area (Å²) in [4.78, 5) is 26.2. The maximum atomic E-state index is 12.6. The molecule has 2 aliphatic rings. The van der Waals surface area contributed by atoms with E-state index in [2.05, 4.69) is 39.0 Å². The van der Waals surface area contributed by atoms with Crippen LogP contribution in [0.4, 0.5) is 5.95 Å². The molecule has 4 heterocycles. The molecule has 0 bridgehead atoms. The van der Waals surface area contributed by atoms with Crippen LogP contribution in [0, 0.1) is 0 Å². The van der Waals surface area contributed by atoms with Crippen LogP contribution in [0.3, 0.4) is 0 Å². The van der Waals surface area contributed by atoms with E-state index in [1.807, 2.05) is 12.1 Å². The van der Waals surface area contributed by atoms with Crippen LogP contribution in [0.2, 0.25) is 0 Å². The Kier molecular flexibility index (Phi) is 5.53. The molecule has 7 heteroatoms. The summed E-state index contributed by atoms with van der Waals surface area (Å²) in [5.74, 6) is 0.691. The third kappa shape index (κ3) is 4.24. The summed E-state index contributed by atoms with van der Waals surface area (Å²) in [6.45, 7) is 4.96. The number of morpholine rings is 1. The molecule has 2 aliphatic heterocycles. The van der Waals surface area contributed by atoms with Gasteiger partial charge in [-0.1, -0.05) is 24.3 Å². The molecule has 1 atom stereocenters. The van der Waals surface area contributed by atoms with Gasteiger partial charge in [0.15, 0.2) is 0 Å². The molecule has 0 aliphatic carbocycles. The van der Waals surface area contributed by atoms with Crippen molar-refractivity contribution in [2.75, 3.05) is 37.7 Å². The molecule has 0 radical (unpaired) electrons. The quantitative estimate of drug-likeness (QED) is 0.648. The van der Waals surface area contributed by atoms with E-state index in [9.17, 15) is 4.79 Å². The van der Waals surface area contributed by atoms with E-state index in [0.717, 1.165) is 44.7 Å². The van der Waals surface area contributed by atoms with Crippen LogP contribution in [0.25, 0.3) is 11.3 Å². The Balaban J connectivity index is 1.33. The van der Waals surface area contributed by atoms with Crippen molar-refractivity contribution in [2.45, 2.75) is 19.1 Å². The topological polar surface area (TPSA) is 63.5 Å². The predicted octanol–water partition coefficient (Wildman–Crippen LogP) is 2.11. The highest BCUT2D eigenvalue weighted by molar-refractivity contribution is 5.59. The number of rotatable bonds is 4. The van der Waals surface area contributed by atoms with Gasteiger partial charge in [0, 0.05) is 63.8 Å². The van der Waals surface area contributed by atoms with Crippen molar-refractivity contribution in [2.24, 2.45) is 7.05 Å². The first-order chi connectivity index (χ1) is 15.2. The zero-order valence-corrected chi connectivity index (χ0v) is 17.8. The Morgan fingerprint density at radius 2 is 1.90 bits per heavy atom. The van der Waals surface area contributed by atoms with Gasteiger partial charge in [0.25, 0.3) is 5.56 Å². The first-order valence-electron chi connectivity index (χ1n) is 10.8. The van der Waals surface area contributed by atoms with Crippen molar-refractivity contribution >= 4 is 5.95 Å². The highest BCUT2D eigenvalue weighted by Gasteiger charge is 2.27. The van der Waals surface area contributed by atoms with Crippen LogP contribution in [-0.2, 0) is 24.8 Å². The highest BCUT2D eigenvalue weighted by atomic mass is 16.5. The van der Waals surface area contributed by atoms with Crippen LogP contribution >= 0.6 is 0 Å². The molecule has 0 N–H and O–H groups in total. The summed E-state index contributed by atoms with van der Waals surface area (Å²) < 4.78 is 7.73. The summed E-state index contributed by atoms with van der Waals surface area (Å²) in [5.41, 5.74) is 4.38. The maximum Gasteiger partial charge on any atom is 0.255 e. The molecular weight excluding hydrogens is 390 g/mol. The van der Waals surface area contributed by atoms with Crippen molar-refractivity contribution in [3.8, 4) is 11.3 Å². The number of benzene rings is 1. The second kappa shape index (κ2) is 8.61. The van der Waals surface area contributed by atoms with Gasteiger partial charge in [-0.15, -0.1) is 0 Å². The average molecular weight is 418 g/mol. The monoisotopic (exact) mass is 417 g/mol. The van der Waals surface area contributed by atoms with E-state index >= 15 is 0 Å². The van der Waals surface area contributed by atoms with Crippen molar-refractivity contribution in [1.29, 1.82) is 0 Å². The largest absolute Gasteiger partial charge is 0.373 e. The maximum absolute atomic E-state index is 12.6. The van der Waals surface area contributed by atoms with Crippen molar-refractivity contribution in [3.05, 3.63) is 76.3 Å². The fourth-order valence-corrected chi connectivity index (χ4v) is 4.49. The summed E-state index contributed by atoms with van der Waals surface area (Å²) in [6.07, 6.45) is 4.60. The standard InChI is InChI=1S/C24H27N5O2/c1-27-23(30)14-22(19-6-9-25-10-7-19)26-24(27)29-12-13-31-21(17-29)16-28-11-8-18-4-2-3-5-20(18)15-28/h2-7,9-10,14,21H,8,11-13,15-17H2,1H3. The minimum absolute atomic E-state index is 0.0625. The Labute approximate surface area is 181 Å². The molecule has 31 heavy (non-hydrogen) atoms. The third-order valence-electron chi connectivity index (χ3n) is 6.18. The zero-order valence-electron chi connectivity index (χ0n) is 17.8. The minimum Gasteiger partial charge on any atom is -0.373 e. The molecule has 1 unspecified atom stereocenters. The fraction of sp³-hybridized carbons (Fsp3) is 0.375. The molecule has 1 aromatic carbocycles. The number of ether oxygens (including phenoxy) is 1. The van der Waals surface area contributed by atoms with Crippen LogP contribution in [0.5, 0.6) is 0 Å². The Morgan fingerprint density at radius 3 is 2.74 bits per heavy atom. The molecule has 160 valence electrons. The van der Waals surface area contributed by atoms with Gasteiger partial charge >= 0.3 is 0 Å². The predicted molar refractivity (Wildman–Crippen MR) is 120 cm³/mol. The van der Waals surface area contributed by atoms with E-state index in [1.165, 1.54) is 11.1 Å². The van der Waals surface area contributed by atoms with Gasteiger partial charge in [0.2, 0.25) is 5.95 Å². The van der Waals surface area contributed by atoms with Gasteiger partial charge in [-0.25, -0.2) is 4.98 Å². The normalized spacial score (nSPS) is 19.3. The fourth-order valence-electron chi connectivity index (χ4n) is 4.49. The molecule has 7 nitrogen and oxygen atoms in total. The summed E-state index contributed by atoms with van der Waals surface area (Å²) in [6, 6.07) is 14.0. The van der Waals surface area contributed by atoms with Gasteiger partial charge in [-0.05, 0) is 29.7 Å². The second-order valence-electron chi connectivity index (χ2n) is 8.27. The van der Waals surface area contributed by atoms with Crippen molar-refractivity contribution in [3.63, 3.8) is 0 Å². The number of hydrogen-bond acceptors (Lipinski definition) is 6. The molecule has 2 aromatic heterocycles. The lowest BCUT2D eigenvalue weighted by Gasteiger charge is -2.38. The van der Waals surface area contributed by atoms with E-state index in [-0.39, 0.29) is 11.7 Å². The number of hydrogen-bond donors (Lipinski definition) is 0. The van der Waals surface area contributed by atoms with Gasteiger partial charge in [-0.3, -0.25) is 19.2 Å². The molecule has 0 amide bonds. The number of fused-ring (bicyclic) bond motifs is 1. The van der Waals surface area contributed by atoms with Crippen LogP contribution in [0.15, 0.2) is 59.7 Å². The number of aromatic nitrogens is 3. The van der Waals surface area contributed by atoms with Crippen molar-refractivity contribution < 1.29 is 4.74 Å². The number of anilines is 1. The average Bonchev–Trinajstić information content (AvgIpc) is 2.81. The van der Waals surface area contributed by atoms with Gasteiger partial charge in [-0.2, -0.15) is 0 Å². The van der Waals surface area contributed by atoms with E-state index in [1.54, 1.807) is 30.1 Å².